The largest absolute Gasteiger partial charge is 0.383 e. The lowest BCUT2D eigenvalue weighted by molar-refractivity contribution is -0.186. The van der Waals surface area contributed by atoms with E-state index >= 15 is 0 Å². The van der Waals surface area contributed by atoms with Gasteiger partial charge >= 0.3 is 0 Å². The number of carbonyl (C=O) groups excluding carboxylic acids is 1. The Balaban J connectivity index is 1.37. The number of aryl methyl sites for hydroxylation is 1. The fraction of sp³-hybridized carbons (Fsp3) is 0.148. The van der Waals surface area contributed by atoms with Gasteiger partial charge in [0.25, 0.3) is 11.7 Å². The molecule has 1 aliphatic rings. The lowest BCUT2D eigenvalue weighted by Gasteiger charge is -2.27. The fourth-order valence-corrected chi connectivity index (χ4v) is 5.93. The van der Waals surface area contributed by atoms with Gasteiger partial charge in [-0.15, -0.1) is 11.3 Å². The minimum Gasteiger partial charge on any atom is -0.383 e. The van der Waals surface area contributed by atoms with E-state index in [1.165, 1.54) is 17.0 Å². The molecular weight excluding hydrogens is 474 g/mol. The average molecular weight is 498 g/mol. The van der Waals surface area contributed by atoms with Crippen LogP contribution < -0.4 is 10.6 Å². The van der Waals surface area contributed by atoms with E-state index in [0.29, 0.717) is 24.5 Å². The number of aromatic nitrogens is 3. The Kier molecular flexibility index (Phi) is 5.15. The predicted molar refractivity (Wildman–Crippen MR) is 140 cm³/mol. The number of aliphatic hydroxyl groups is 2. The highest BCUT2D eigenvalue weighted by molar-refractivity contribution is 7.18. The smallest absolute Gasteiger partial charge is 0.292 e. The van der Waals surface area contributed by atoms with Crippen molar-refractivity contribution in [3.05, 3.63) is 83.6 Å². The van der Waals surface area contributed by atoms with Gasteiger partial charge in [-0.2, -0.15) is 5.10 Å². The van der Waals surface area contributed by atoms with Crippen molar-refractivity contribution in [3.63, 3.8) is 0 Å². The van der Waals surface area contributed by atoms with Crippen LogP contribution in [0.15, 0.2) is 72.5 Å². The third-order valence-electron chi connectivity index (χ3n) is 6.65. The van der Waals surface area contributed by atoms with Crippen molar-refractivity contribution < 1.29 is 15.0 Å². The SMILES string of the molecule is Cn1cc(-c2cnc(N)c3c(-c4ccc5c(c4)CCN5C(=O)C(O)(O)c4ccccc4)csc23)cn1. The summed E-state index contributed by atoms with van der Waals surface area (Å²) in [6.45, 7) is 0.368. The van der Waals surface area contributed by atoms with E-state index in [-0.39, 0.29) is 5.56 Å². The fourth-order valence-electron chi connectivity index (χ4n) is 4.81. The van der Waals surface area contributed by atoms with E-state index in [1.54, 1.807) is 40.4 Å². The highest BCUT2D eigenvalue weighted by Crippen LogP contribution is 2.43. The topological polar surface area (TPSA) is 118 Å². The number of hydrogen-bond donors (Lipinski definition) is 3. The first kappa shape index (κ1) is 22.4. The molecule has 0 saturated heterocycles. The number of carbonyl (C=O) groups is 1. The van der Waals surface area contributed by atoms with E-state index < -0.39 is 11.7 Å². The monoisotopic (exact) mass is 497 g/mol. The summed E-state index contributed by atoms with van der Waals surface area (Å²) in [6, 6.07) is 14.0. The highest BCUT2D eigenvalue weighted by atomic mass is 32.1. The summed E-state index contributed by atoms with van der Waals surface area (Å²) >= 11 is 1.61. The summed E-state index contributed by atoms with van der Waals surface area (Å²) in [5, 5.41) is 28.6. The van der Waals surface area contributed by atoms with Crippen LogP contribution >= 0.6 is 11.3 Å². The number of nitrogens with two attached hydrogens (primary N) is 1. The Morgan fingerprint density at radius 1 is 1.08 bits per heavy atom. The number of amides is 1. The molecule has 4 N–H and O–H groups in total. The summed E-state index contributed by atoms with van der Waals surface area (Å²) < 4.78 is 2.79. The lowest BCUT2D eigenvalue weighted by atomic mass is 9.99. The Labute approximate surface area is 210 Å². The number of nitrogens with zero attached hydrogens (tertiary/aromatic N) is 4. The molecule has 180 valence electrons. The zero-order chi connectivity index (χ0) is 25.0. The minimum atomic E-state index is -2.60. The first-order valence-corrected chi connectivity index (χ1v) is 12.3. The van der Waals surface area contributed by atoms with Gasteiger partial charge in [0.1, 0.15) is 5.82 Å². The van der Waals surface area contributed by atoms with Crippen LogP contribution in [0, 0.1) is 0 Å². The molecule has 0 spiro atoms. The summed E-state index contributed by atoms with van der Waals surface area (Å²) in [6.07, 6.45) is 6.15. The third-order valence-corrected chi connectivity index (χ3v) is 7.66. The van der Waals surface area contributed by atoms with Crippen LogP contribution in [0.2, 0.25) is 0 Å². The molecule has 2 aromatic carbocycles. The van der Waals surface area contributed by atoms with Gasteiger partial charge in [-0.25, -0.2) is 4.98 Å². The van der Waals surface area contributed by atoms with Gasteiger partial charge in [0.05, 0.1) is 6.20 Å². The van der Waals surface area contributed by atoms with Crippen molar-refractivity contribution in [2.45, 2.75) is 12.2 Å². The molecule has 1 amide bonds. The van der Waals surface area contributed by atoms with E-state index in [9.17, 15) is 15.0 Å². The molecule has 0 bridgehead atoms. The zero-order valence-electron chi connectivity index (χ0n) is 19.4. The molecule has 6 rings (SSSR count). The summed E-state index contributed by atoms with van der Waals surface area (Å²) in [4.78, 5) is 19.0. The van der Waals surface area contributed by atoms with E-state index in [0.717, 1.165) is 37.9 Å². The van der Waals surface area contributed by atoms with Gasteiger partial charge in [-0.1, -0.05) is 36.4 Å². The van der Waals surface area contributed by atoms with Crippen LogP contribution in [0.1, 0.15) is 11.1 Å². The molecule has 0 saturated carbocycles. The predicted octanol–water partition coefficient (Wildman–Crippen LogP) is 3.67. The number of benzene rings is 2. The Hall–Kier alpha value is -4.05. The Morgan fingerprint density at radius 2 is 1.89 bits per heavy atom. The maximum atomic E-state index is 13.1. The molecule has 0 aliphatic carbocycles. The molecule has 0 fully saturated rings. The van der Waals surface area contributed by atoms with Gasteiger partial charge in [0, 0.05) is 64.0 Å². The second-order valence-electron chi connectivity index (χ2n) is 8.90. The number of nitrogen functional groups attached to an aromatic ring is 1. The molecular formula is C27H23N5O3S. The first-order valence-electron chi connectivity index (χ1n) is 11.4. The van der Waals surface area contributed by atoms with E-state index in [1.807, 2.05) is 37.6 Å². The number of rotatable bonds is 4. The van der Waals surface area contributed by atoms with Crippen molar-refractivity contribution in [1.29, 1.82) is 0 Å². The van der Waals surface area contributed by atoms with Crippen molar-refractivity contribution in [2.24, 2.45) is 7.05 Å². The molecule has 4 heterocycles. The van der Waals surface area contributed by atoms with Gasteiger partial charge in [0.15, 0.2) is 0 Å². The maximum Gasteiger partial charge on any atom is 0.292 e. The lowest BCUT2D eigenvalue weighted by Crippen LogP contribution is -2.46. The third kappa shape index (κ3) is 3.48. The summed E-state index contributed by atoms with van der Waals surface area (Å²) in [5.74, 6) is -2.91. The van der Waals surface area contributed by atoms with Crippen molar-refractivity contribution in [3.8, 4) is 22.3 Å². The number of thiophene rings is 1. The van der Waals surface area contributed by atoms with Crippen LogP contribution in [0.4, 0.5) is 11.5 Å². The molecule has 1 aliphatic heterocycles. The van der Waals surface area contributed by atoms with E-state index in [2.05, 4.69) is 15.5 Å². The number of fused-ring (bicyclic) bond motifs is 2. The maximum absolute atomic E-state index is 13.1. The number of hydrogen-bond acceptors (Lipinski definition) is 7. The minimum absolute atomic E-state index is 0.136. The van der Waals surface area contributed by atoms with Crippen LogP contribution in [0.25, 0.3) is 32.3 Å². The number of pyridine rings is 1. The van der Waals surface area contributed by atoms with Crippen molar-refractivity contribution in [1.82, 2.24) is 14.8 Å². The van der Waals surface area contributed by atoms with E-state index in [4.69, 9.17) is 5.73 Å². The van der Waals surface area contributed by atoms with Crippen molar-refractivity contribution in [2.75, 3.05) is 17.2 Å². The van der Waals surface area contributed by atoms with Gasteiger partial charge < -0.3 is 20.8 Å². The van der Waals surface area contributed by atoms with Crippen LogP contribution in [0.3, 0.4) is 0 Å². The van der Waals surface area contributed by atoms with Crippen LogP contribution in [-0.4, -0.2) is 37.4 Å². The molecule has 3 aromatic heterocycles. The second kappa shape index (κ2) is 8.27. The standard InChI is InChI=1S/C27H23N5O3S/c1-31-14-18(12-30-31)20-13-29-25(28)23-21(15-36-24(20)23)16-7-8-22-17(11-16)9-10-32(22)26(33)27(34,35)19-5-3-2-4-6-19/h2-8,11-15,34-35H,9-10H2,1H3,(H2,28,29). The number of anilines is 2. The van der Waals surface area contributed by atoms with Gasteiger partial charge in [-0.05, 0) is 35.1 Å². The molecule has 9 heteroatoms. The normalized spacial score (nSPS) is 13.4. The summed E-state index contributed by atoms with van der Waals surface area (Å²) in [5.41, 5.74) is 12.0. The molecule has 0 radical (unpaired) electrons. The summed E-state index contributed by atoms with van der Waals surface area (Å²) in [7, 11) is 1.88. The van der Waals surface area contributed by atoms with Crippen LogP contribution in [-0.2, 0) is 24.1 Å². The zero-order valence-corrected chi connectivity index (χ0v) is 20.2. The quantitative estimate of drug-likeness (QED) is 0.326. The molecule has 8 nitrogen and oxygen atoms in total. The van der Waals surface area contributed by atoms with Crippen molar-refractivity contribution >= 4 is 38.8 Å². The second-order valence-corrected chi connectivity index (χ2v) is 9.78. The molecule has 5 aromatic rings. The van der Waals surface area contributed by atoms with Crippen LogP contribution in [0.5, 0.6) is 0 Å². The Morgan fingerprint density at radius 3 is 2.64 bits per heavy atom. The highest BCUT2D eigenvalue weighted by Gasteiger charge is 2.41. The molecule has 0 unspecified atom stereocenters. The molecule has 36 heavy (non-hydrogen) atoms. The average Bonchev–Trinajstić information content (AvgIpc) is 3.62. The van der Waals surface area contributed by atoms with Gasteiger partial charge in [0.2, 0.25) is 0 Å². The molecule has 0 atom stereocenters. The Bertz CT molecular complexity index is 1620. The first-order chi connectivity index (χ1) is 17.3. The van der Waals surface area contributed by atoms with Gasteiger partial charge in [-0.3, -0.25) is 9.48 Å².